The van der Waals surface area contributed by atoms with Crippen molar-refractivity contribution in [1.29, 1.82) is 0 Å². The smallest absolute Gasteiger partial charge is 0.248 e. The van der Waals surface area contributed by atoms with E-state index in [2.05, 4.69) is 20.2 Å². The third kappa shape index (κ3) is 6.34. The number of amides is 2. The van der Waals surface area contributed by atoms with Crippen molar-refractivity contribution in [3.63, 3.8) is 0 Å². The highest BCUT2D eigenvalue weighted by Crippen LogP contribution is 2.23. The number of carbonyl (C=O) groups excluding carboxylic acids is 2. The number of nitrogens with one attached hydrogen (secondary N) is 1. The molecule has 1 saturated heterocycles. The molecule has 4 rings (SSSR count). The molecule has 3 aromatic rings. The van der Waals surface area contributed by atoms with E-state index in [0.29, 0.717) is 43.0 Å². The fraction of sp³-hybridized carbons (Fsp3) is 0.375. The highest BCUT2D eigenvalue weighted by atomic mass is 35.5. The van der Waals surface area contributed by atoms with Gasteiger partial charge in [-0.1, -0.05) is 23.7 Å². The van der Waals surface area contributed by atoms with Crippen LogP contribution in [0.1, 0.15) is 17.7 Å². The van der Waals surface area contributed by atoms with Crippen LogP contribution in [0.25, 0.3) is 5.95 Å². The number of ether oxygens (including phenoxy) is 1. The molecular weight excluding hydrogens is 470 g/mol. The van der Waals surface area contributed by atoms with Crippen LogP contribution in [0, 0.1) is 6.92 Å². The highest BCUT2D eigenvalue weighted by molar-refractivity contribution is 6.30. The molecule has 1 unspecified atom stereocenters. The second kappa shape index (κ2) is 11.3. The molecule has 2 aromatic heterocycles. The van der Waals surface area contributed by atoms with Gasteiger partial charge in [0.15, 0.2) is 0 Å². The first kappa shape index (κ1) is 24.6. The molecule has 1 N–H and O–H groups in total. The van der Waals surface area contributed by atoms with Crippen molar-refractivity contribution in [3.8, 4) is 5.95 Å². The first-order valence-corrected chi connectivity index (χ1v) is 11.7. The van der Waals surface area contributed by atoms with Crippen molar-refractivity contribution in [2.24, 2.45) is 0 Å². The van der Waals surface area contributed by atoms with Crippen LogP contribution in [0.15, 0.2) is 49.1 Å². The maximum atomic E-state index is 12.9. The van der Waals surface area contributed by atoms with Crippen LogP contribution in [0.4, 0.5) is 5.82 Å². The lowest BCUT2D eigenvalue weighted by Crippen LogP contribution is -2.57. The standard InChI is InChI=1S/C24H28ClN7O3/c1-17-11-21(29-24(28-17)31-8-7-26-16-31)32-10-9-30(23(34)15-35-2)14-20(32)12-22(33)27-13-18-3-5-19(25)6-4-18/h3-8,11,16,20H,9-10,12-15H2,1-2H3,(H,27,33). The number of hydrogen-bond donors (Lipinski definition) is 1. The topological polar surface area (TPSA) is 105 Å². The normalized spacial score (nSPS) is 15.8. The molecule has 0 aliphatic carbocycles. The zero-order valence-electron chi connectivity index (χ0n) is 19.7. The predicted octanol–water partition coefficient (Wildman–Crippen LogP) is 1.99. The van der Waals surface area contributed by atoms with Crippen molar-refractivity contribution < 1.29 is 14.3 Å². The largest absolute Gasteiger partial charge is 0.375 e. The van der Waals surface area contributed by atoms with Gasteiger partial charge < -0.3 is 19.9 Å². The Morgan fingerprint density at radius 1 is 1.20 bits per heavy atom. The third-order valence-electron chi connectivity index (χ3n) is 5.79. The van der Waals surface area contributed by atoms with Crippen molar-refractivity contribution in [2.75, 3.05) is 38.3 Å². The van der Waals surface area contributed by atoms with E-state index < -0.39 is 0 Å². The summed E-state index contributed by atoms with van der Waals surface area (Å²) in [6.45, 7) is 3.73. The lowest BCUT2D eigenvalue weighted by Gasteiger charge is -2.42. The molecule has 1 aliphatic heterocycles. The number of rotatable bonds is 8. The Balaban J connectivity index is 1.52. The summed E-state index contributed by atoms with van der Waals surface area (Å²) >= 11 is 5.94. The van der Waals surface area contributed by atoms with Crippen LogP contribution >= 0.6 is 11.6 Å². The number of methoxy groups -OCH3 is 1. The maximum absolute atomic E-state index is 12.9. The van der Waals surface area contributed by atoms with E-state index in [4.69, 9.17) is 21.3 Å². The minimum absolute atomic E-state index is 0.00682. The zero-order chi connectivity index (χ0) is 24.8. The van der Waals surface area contributed by atoms with Gasteiger partial charge >= 0.3 is 0 Å². The predicted molar refractivity (Wildman–Crippen MR) is 131 cm³/mol. The van der Waals surface area contributed by atoms with Gasteiger partial charge in [0.05, 0.1) is 6.04 Å². The molecule has 1 aliphatic rings. The Morgan fingerprint density at radius 3 is 2.71 bits per heavy atom. The fourth-order valence-corrected chi connectivity index (χ4v) is 4.16. The second-order valence-corrected chi connectivity index (χ2v) is 8.80. The molecule has 0 saturated carbocycles. The van der Waals surface area contributed by atoms with Crippen LogP contribution < -0.4 is 10.2 Å². The SMILES string of the molecule is COCC(=O)N1CCN(c2cc(C)nc(-n3ccnc3)n2)C(CC(=O)NCc2ccc(Cl)cc2)C1. The van der Waals surface area contributed by atoms with E-state index in [0.717, 1.165) is 11.3 Å². The van der Waals surface area contributed by atoms with E-state index in [1.807, 2.05) is 25.1 Å². The summed E-state index contributed by atoms with van der Waals surface area (Å²) in [4.78, 5) is 42.6. The Morgan fingerprint density at radius 2 is 2.00 bits per heavy atom. The van der Waals surface area contributed by atoms with E-state index >= 15 is 0 Å². The monoisotopic (exact) mass is 497 g/mol. The van der Waals surface area contributed by atoms with Crippen LogP contribution in [-0.4, -0.2) is 75.6 Å². The average Bonchev–Trinajstić information content (AvgIpc) is 3.39. The van der Waals surface area contributed by atoms with Crippen LogP contribution in [0.5, 0.6) is 0 Å². The molecule has 0 radical (unpaired) electrons. The maximum Gasteiger partial charge on any atom is 0.248 e. The van der Waals surface area contributed by atoms with E-state index in [1.165, 1.54) is 7.11 Å². The number of anilines is 1. The van der Waals surface area contributed by atoms with Crippen LogP contribution in [-0.2, 0) is 20.9 Å². The first-order chi connectivity index (χ1) is 16.9. The highest BCUT2D eigenvalue weighted by Gasteiger charge is 2.32. The number of imidazole rings is 1. The summed E-state index contributed by atoms with van der Waals surface area (Å²) in [6, 6.07) is 8.97. The van der Waals surface area contributed by atoms with Gasteiger partial charge in [-0.05, 0) is 24.6 Å². The van der Waals surface area contributed by atoms with Gasteiger partial charge in [0.25, 0.3) is 0 Å². The molecule has 10 nitrogen and oxygen atoms in total. The van der Waals surface area contributed by atoms with Gasteiger partial charge in [0.1, 0.15) is 18.8 Å². The molecule has 1 fully saturated rings. The molecule has 184 valence electrons. The lowest BCUT2D eigenvalue weighted by atomic mass is 10.1. The number of piperazine rings is 1. The summed E-state index contributed by atoms with van der Waals surface area (Å²) in [6.07, 6.45) is 5.29. The summed E-state index contributed by atoms with van der Waals surface area (Å²) in [5, 5.41) is 3.62. The van der Waals surface area contributed by atoms with Crippen molar-refractivity contribution in [3.05, 3.63) is 65.3 Å². The van der Waals surface area contributed by atoms with E-state index in [1.54, 1.807) is 40.3 Å². The number of nitrogens with zero attached hydrogens (tertiary/aromatic N) is 6. The fourth-order valence-electron chi connectivity index (χ4n) is 4.04. The van der Waals surface area contributed by atoms with Crippen molar-refractivity contribution in [1.82, 2.24) is 29.7 Å². The number of aryl methyl sites for hydroxylation is 1. The number of aromatic nitrogens is 4. The molecule has 0 spiro atoms. The van der Waals surface area contributed by atoms with Crippen LogP contribution in [0.2, 0.25) is 5.02 Å². The van der Waals surface area contributed by atoms with Gasteiger partial charge in [0.2, 0.25) is 17.8 Å². The molecule has 1 aromatic carbocycles. The van der Waals surface area contributed by atoms with Gasteiger partial charge in [-0.25, -0.2) is 9.97 Å². The van der Waals surface area contributed by atoms with Gasteiger partial charge in [0, 0.05) is 68.9 Å². The third-order valence-corrected chi connectivity index (χ3v) is 6.04. The molecule has 0 bridgehead atoms. The quantitative estimate of drug-likeness (QED) is 0.507. The zero-order valence-corrected chi connectivity index (χ0v) is 20.5. The van der Waals surface area contributed by atoms with Crippen molar-refractivity contribution >= 4 is 29.2 Å². The summed E-state index contributed by atoms with van der Waals surface area (Å²) in [5.74, 6) is 0.991. The Kier molecular flexibility index (Phi) is 7.94. The molecule has 2 amide bonds. The minimum Gasteiger partial charge on any atom is -0.375 e. The molecule has 35 heavy (non-hydrogen) atoms. The van der Waals surface area contributed by atoms with Gasteiger partial charge in [-0.3, -0.25) is 14.2 Å². The molecule has 11 heteroatoms. The van der Waals surface area contributed by atoms with Crippen molar-refractivity contribution in [2.45, 2.75) is 25.9 Å². The average molecular weight is 498 g/mol. The number of halogens is 1. The van der Waals surface area contributed by atoms with Crippen LogP contribution in [0.3, 0.4) is 0 Å². The number of benzene rings is 1. The van der Waals surface area contributed by atoms with Gasteiger partial charge in [-0.15, -0.1) is 0 Å². The minimum atomic E-state index is -0.264. The Labute approximate surface area is 208 Å². The first-order valence-electron chi connectivity index (χ1n) is 11.3. The second-order valence-electron chi connectivity index (χ2n) is 8.36. The molecule has 1 atom stereocenters. The summed E-state index contributed by atoms with van der Waals surface area (Å²) in [5.41, 5.74) is 1.75. The summed E-state index contributed by atoms with van der Waals surface area (Å²) < 4.78 is 6.77. The number of carbonyl (C=O) groups is 2. The lowest BCUT2D eigenvalue weighted by molar-refractivity contribution is -0.136. The summed E-state index contributed by atoms with van der Waals surface area (Å²) in [7, 11) is 1.50. The van der Waals surface area contributed by atoms with E-state index in [9.17, 15) is 9.59 Å². The number of hydrogen-bond acceptors (Lipinski definition) is 7. The Bertz CT molecular complexity index is 1150. The van der Waals surface area contributed by atoms with E-state index in [-0.39, 0.29) is 30.9 Å². The molecule has 3 heterocycles. The molecular formula is C24H28ClN7O3. The van der Waals surface area contributed by atoms with Gasteiger partial charge in [-0.2, -0.15) is 4.98 Å². The Hall–Kier alpha value is -3.50.